The van der Waals surface area contributed by atoms with Crippen molar-refractivity contribution in [1.29, 1.82) is 0 Å². The predicted octanol–water partition coefficient (Wildman–Crippen LogP) is 1.42. The van der Waals surface area contributed by atoms with Crippen LogP contribution in [0.3, 0.4) is 0 Å². The van der Waals surface area contributed by atoms with E-state index in [1.54, 1.807) is 0 Å². The molecule has 4 heterocycles. The fourth-order valence-electron chi connectivity index (χ4n) is 4.17. The molecule has 0 aromatic carbocycles. The van der Waals surface area contributed by atoms with Crippen molar-refractivity contribution in [2.75, 3.05) is 44.3 Å². The number of hydrogen-bond acceptors (Lipinski definition) is 5. The van der Waals surface area contributed by atoms with Gasteiger partial charge in [-0.1, -0.05) is 12.2 Å². The van der Waals surface area contributed by atoms with Gasteiger partial charge in [-0.25, -0.2) is 9.97 Å². The Morgan fingerprint density at radius 2 is 1.88 bits per heavy atom. The van der Waals surface area contributed by atoms with Gasteiger partial charge >= 0.3 is 0 Å². The standard InChI is InChI=1S/C18H24N4O2/c1-14-10-19-17(20-11-14)22-12-15(16(23)21-6-2-3-7-21)18(13-22)4-8-24-9-5-18/h2-3,10-11,15H,4-9,12-13H2,1H3. The minimum atomic E-state index is -0.00777. The van der Waals surface area contributed by atoms with Crippen LogP contribution in [0.4, 0.5) is 5.95 Å². The van der Waals surface area contributed by atoms with E-state index in [0.717, 1.165) is 57.2 Å². The molecule has 0 bridgehead atoms. The zero-order valence-electron chi connectivity index (χ0n) is 14.1. The molecule has 1 aromatic heterocycles. The molecule has 6 nitrogen and oxygen atoms in total. The van der Waals surface area contributed by atoms with Crippen molar-refractivity contribution in [2.45, 2.75) is 19.8 Å². The zero-order valence-corrected chi connectivity index (χ0v) is 14.1. The van der Waals surface area contributed by atoms with Crippen LogP contribution < -0.4 is 4.90 Å². The van der Waals surface area contributed by atoms with Crippen LogP contribution in [0.25, 0.3) is 0 Å². The largest absolute Gasteiger partial charge is 0.381 e. The summed E-state index contributed by atoms with van der Waals surface area (Å²) in [4.78, 5) is 26.2. The summed E-state index contributed by atoms with van der Waals surface area (Å²) in [5.74, 6) is 1.02. The molecule has 1 unspecified atom stereocenters. The lowest BCUT2D eigenvalue weighted by Gasteiger charge is -2.38. The lowest BCUT2D eigenvalue weighted by Crippen LogP contribution is -2.45. The van der Waals surface area contributed by atoms with Crippen molar-refractivity contribution in [3.63, 3.8) is 0 Å². The molecule has 6 heteroatoms. The molecule has 1 spiro atoms. The summed E-state index contributed by atoms with van der Waals surface area (Å²) in [6, 6.07) is 0. The average Bonchev–Trinajstić information content (AvgIpc) is 3.25. The molecule has 0 N–H and O–H groups in total. The molecule has 3 aliphatic heterocycles. The molecule has 3 aliphatic rings. The second kappa shape index (κ2) is 6.16. The van der Waals surface area contributed by atoms with Crippen LogP contribution in [0.1, 0.15) is 18.4 Å². The number of aryl methyl sites for hydroxylation is 1. The summed E-state index contributed by atoms with van der Waals surface area (Å²) in [7, 11) is 0. The monoisotopic (exact) mass is 328 g/mol. The van der Waals surface area contributed by atoms with Crippen molar-refractivity contribution in [2.24, 2.45) is 11.3 Å². The molecule has 2 fully saturated rings. The van der Waals surface area contributed by atoms with Crippen LogP contribution in [0.2, 0.25) is 0 Å². The van der Waals surface area contributed by atoms with Gasteiger partial charge in [-0.05, 0) is 25.3 Å². The Labute approximate surface area is 142 Å². The molecule has 1 aromatic rings. The molecule has 4 rings (SSSR count). The van der Waals surface area contributed by atoms with Crippen LogP contribution >= 0.6 is 0 Å². The molecule has 128 valence electrons. The number of rotatable bonds is 2. The van der Waals surface area contributed by atoms with Crippen molar-refractivity contribution in [3.8, 4) is 0 Å². The summed E-state index contributed by atoms with van der Waals surface area (Å²) in [5, 5.41) is 0. The number of ether oxygens (including phenoxy) is 1. The second-order valence-electron chi connectivity index (χ2n) is 7.18. The Kier molecular flexibility index (Phi) is 4.00. The molecular weight excluding hydrogens is 304 g/mol. The van der Waals surface area contributed by atoms with Gasteiger partial charge < -0.3 is 14.5 Å². The van der Waals surface area contributed by atoms with Gasteiger partial charge in [-0.3, -0.25) is 4.79 Å². The number of carbonyl (C=O) groups is 1. The maximum absolute atomic E-state index is 13.1. The van der Waals surface area contributed by atoms with Gasteiger partial charge in [0.05, 0.1) is 5.92 Å². The Morgan fingerprint density at radius 1 is 1.21 bits per heavy atom. The fourth-order valence-corrected chi connectivity index (χ4v) is 4.17. The molecule has 1 atom stereocenters. The first kappa shape index (κ1) is 15.6. The smallest absolute Gasteiger partial charge is 0.228 e. The van der Waals surface area contributed by atoms with Crippen LogP contribution in [-0.2, 0) is 9.53 Å². The van der Waals surface area contributed by atoms with E-state index >= 15 is 0 Å². The first-order valence-electron chi connectivity index (χ1n) is 8.73. The Morgan fingerprint density at radius 3 is 2.54 bits per heavy atom. The molecule has 0 saturated carbocycles. The fraction of sp³-hybridized carbons (Fsp3) is 0.611. The van der Waals surface area contributed by atoms with Gasteiger partial charge in [0.15, 0.2) is 0 Å². The highest BCUT2D eigenvalue weighted by atomic mass is 16.5. The Balaban J connectivity index is 1.60. The van der Waals surface area contributed by atoms with Gasteiger partial charge in [-0.15, -0.1) is 0 Å². The van der Waals surface area contributed by atoms with E-state index in [1.807, 2.05) is 24.2 Å². The summed E-state index contributed by atoms with van der Waals surface area (Å²) < 4.78 is 5.58. The van der Waals surface area contributed by atoms with E-state index in [0.29, 0.717) is 6.54 Å². The van der Waals surface area contributed by atoms with E-state index in [2.05, 4.69) is 27.0 Å². The number of aromatic nitrogens is 2. The zero-order chi connectivity index (χ0) is 16.6. The number of anilines is 1. The van der Waals surface area contributed by atoms with Gasteiger partial charge in [0.1, 0.15) is 0 Å². The average molecular weight is 328 g/mol. The number of nitrogens with zero attached hydrogens (tertiary/aromatic N) is 4. The normalized spacial score (nSPS) is 25.6. The van der Waals surface area contributed by atoms with Gasteiger partial charge in [-0.2, -0.15) is 0 Å². The molecule has 0 radical (unpaired) electrons. The summed E-state index contributed by atoms with van der Waals surface area (Å²) in [6.07, 6.45) is 9.71. The van der Waals surface area contributed by atoms with E-state index in [9.17, 15) is 4.79 Å². The topological polar surface area (TPSA) is 58.6 Å². The first-order valence-corrected chi connectivity index (χ1v) is 8.73. The molecule has 24 heavy (non-hydrogen) atoms. The maximum atomic E-state index is 13.1. The highest BCUT2D eigenvalue weighted by molar-refractivity contribution is 5.82. The number of carbonyl (C=O) groups excluding carboxylic acids is 1. The predicted molar refractivity (Wildman–Crippen MR) is 90.7 cm³/mol. The van der Waals surface area contributed by atoms with E-state index in [4.69, 9.17) is 4.74 Å². The Bertz CT molecular complexity index is 629. The molecular formula is C18H24N4O2. The van der Waals surface area contributed by atoms with Crippen molar-refractivity contribution < 1.29 is 9.53 Å². The second-order valence-corrected chi connectivity index (χ2v) is 7.18. The van der Waals surface area contributed by atoms with E-state index in [-0.39, 0.29) is 17.2 Å². The number of hydrogen-bond donors (Lipinski definition) is 0. The summed E-state index contributed by atoms with van der Waals surface area (Å²) in [5.41, 5.74) is 1.04. The van der Waals surface area contributed by atoms with E-state index < -0.39 is 0 Å². The minimum Gasteiger partial charge on any atom is -0.381 e. The van der Waals surface area contributed by atoms with Crippen LogP contribution in [0.5, 0.6) is 0 Å². The van der Waals surface area contributed by atoms with Gasteiger partial charge in [0, 0.05) is 57.2 Å². The lowest BCUT2D eigenvalue weighted by molar-refractivity contribution is -0.139. The van der Waals surface area contributed by atoms with Gasteiger partial charge in [0.25, 0.3) is 0 Å². The Hall–Kier alpha value is -1.95. The number of amides is 1. The quantitative estimate of drug-likeness (QED) is 0.769. The third kappa shape index (κ3) is 2.69. The lowest BCUT2D eigenvalue weighted by atomic mass is 9.71. The van der Waals surface area contributed by atoms with E-state index in [1.165, 1.54) is 0 Å². The van der Waals surface area contributed by atoms with Crippen LogP contribution in [-0.4, -0.2) is 60.2 Å². The highest BCUT2D eigenvalue weighted by Crippen LogP contribution is 2.45. The summed E-state index contributed by atoms with van der Waals surface area (Å²) in [6.45, 7) is 6.50. The first-order chi connectivity index (χ1) is 11.7. The third-order valence-electron chi connectivity index (χ3n) is 5.61. The van der Waals surface area contributed by atoms with Crippen LogP contribution in [0, 0.1) is 18.3 Å². The van der Waals surface area contributed by atoms with Crippen molar-refractivity contribution in [1.82, 2.24) is 14.9 Å². The molecule has 0 aliphatic carbocycles. The van der Waals surface area contributed by atoms with Crippen molar-refractivity contribution in [3.05, 3.63) is 30.1 Å². The van der Waals surface area contributed by atoms with Crippen LogP contribution in [0.15, 0.2) is 24.5 Å². The maximum Gasteiger partial charge on any atom is 0.228 e. The summed E-state index contributed by atoms with van der Waals surface area (Å²) >= 11 is 0. The highest BCUT2D eigenvalue weighted by Gasteiger charge is 2.52. The molecule has 1 amide bonds. The SMILES string of the molecule is Cc1cnc(N2CC(C(=O)N3CC=CC3)C3(CCOCC3)C2)nc1. The minimum absolute atomic E-state index is 0.00574. The molecule has 2 saturated heterocycles. The van der Waals surface area contributed by atoms with Gasteiger partial charge in [0.2, 0.25) is 11.9 Å². The third-order valence-corrected chi connectivity index (χ3v) is 5.61. The van der Waals surface area contributed by atoms with Crippen molar-refractivity contribution >= 4 is 11.9 Å².